The van der Waals surface area contributed by atoms with Crippen LogP contribution < -0.4 is 5.56 Å². The molecule has 0 aliphatic heterocycles. The van der Waals surface area contributed by atoms with Gasteiger partial charge in [-0.2, -0.15) is 4.98 Å². The molecule has 122 valence electrons. The predicted molar refractivity (Wildman–Crippen MR) is 89.6 cm³/mol. The maximum atomic E-state index is 12.5. The van der Waals surface area contributed by atoms with Crippen molar-refractivity contribution in [2.45, 2.75) is 46.1 Å². The molecule has 0 fully saturated rings. The van der Waals surface area contributed by atoms with E-state index in [1.165, 1.54) is 0 Å². The summed E-state index contributed by atoms with van der Waals surface area (Å²) in [5.41, 5.74) is 2.20. The first-order valence-electron chi connectivity index (χ1n) is 7.98. The van der Waals surface area contributed by atoms with E-state index in [2.05, 4.69) is 4.98 Å². The van der Waals surface area contributed by atoms with E-state index in [1.807, 2.05) is 48.7 Å². The Kier molecular flexibility index (Phi) is 5.68. The second-order valence-corrected chi connectivity index (χ2v) is 5.38. The Morgan fingerprint density at radius 2 is 1.87 bits per heavy atom. The molecule has 2 rings (SSSR count). The average molecular weight is 314 g/mol. The van der Waals surface area contributed by atoms with Gasteiger partial charge in [0.1, 0.15) is 5.82 Å². The van der Waals surface area contributed by atoms with Crippen molar-refractivity contribution in [1.29, 1.82) is 0 Å². The molecule has 0 unspecified atom stereocenters. The first kappa shape index (κ1) is 16.9. The van der Waals surface area contributed by atoms with E-state index in [-0.39, 0.29) is 12.0 Å². The highest BCUT2D eigenvalue weighted by molar-refractivity contribution is 5.66. The van der Waals surface area contributed by atoms with Gasteiger partial charge in [-0.25, -0.2) is 0 Å². The fourth-order valence-electron chi connectivity index (χ4n) is 2.83. The van der Waals surface area contributed by atoms with E-state index in [0.717, 1.165) is 17.1 Å². The predicted octanol–water partition coefficient (Wildman–Crippen LogP) is 2.90. The molecule has 2 aromatic rings. The third-order valence-electron chi connectivity index (χ3n) is 3.86. The van der Waals surface area contributed by atoms with Crippen molar-refractivity contribution in [2.75, 3.05) is 0 Å². The van der Waals surface area contributed by atoms with Crippen molar-refractivity contribution in [2.24, 2.45) is 0 Å². The van der Waals surface area contributed by atoms with E-state index >= 15 is 0 Å². The summed E-state index contributed by atoms with van der Waals surface area (Å²) in [6.45, 7) is 4.53. The van der Waals surface area contributed by atoms with Gasteiger partial charge in [-0.15, -0.1) is 0 Å². The average Bonchev–Trinajstić information content (AvgIpc) is 2.55. The Balaban J connectivity index is 2.55. The molecule has 1 heterocycles. The van der Waals surface area contributed by atoms with E-state index < -0.39 is 5.97 Å². The maximum absolute atomic E-state index is 12.5. The van der Waals surface area contributed by atoms with E-state index in [9.17, 15) is 9.59 Å². The van der Waals surface area contributed by atoms with Crippen LogP contribution in [-0.4, -0.2) is 20.6 Å². The van der Waals surface area contributed by atoms with Gasteiger partial charge in [-0.3, -0.25) is 9.59 Å². The van der Waals surface area contributed by atoms with Gasteiger partial charge >= 0.3 is 5.97 Å². The summed E-state index contributed by atoms with van der Waals surface area (Å²) in [6.07, 6.45) is 1.97. The molecular weight excluding hydrogens is 292 g/mol. The molecule has 5 nitrogen and oxygen atoms in total. The lowest BCUT2D eigenvalue weighted by Crippen LogP contribution is -2.24. The SMILES string of the molecule is CCc1nc(=O)c(-c2ccccc2)c(CC)n1CCCC(=O)O. The van der Waals surface area contributed by atoms with Crippen LogP contribution in [0.4, 0.5) is 0 Å². The zero-order valence-electron chi connectivity index (χ0n) is 13.6. The van der Waals surface area contributed by atoms with Gasteiger partial charge in [0.15, 0.2) is 0 Å². The van der Waals surface area contributed by atoms with E-state index in [0.29, 0.717) is 31.4 Å². The zero-order chi connectivity index (χ0) is 16.8. The molecule has 5 heteroatoms. The molecular formula is C18H22N2O3. The van der Waals surface area contributed by atoms with Crippen molar-refractivity contribution in [3.63, 3.8) is 0 Å². The molecule has 1 aromatic carbocycles. The fraction of sp³-hybridized carbons (Fsp3) is 0.389. The smallest absolute Gasteiger partial charge is 0.303 e. The summed E-state index contributed by atoms with van der Waals surface area (Å²) in [4.78, 5) is 27.5. The number of aryl methyl sites for hydroxylation is 1. The number of hydrogen-bond acceptors (Lipinski definition) is 3. The first-order chi connectivity index (χ1) is 11.1. The van der Waals surface area contributed by atoms with Gasteiger partial charge < -0.3 is 9.67 Å². The second-order valence-electron chi connectivity index (χ2n) is 5.38. The van der Waals surface area contributed by atoms with Gasteiger partial charge in [0.05, 0.1) is 5.56 Å². The van der Waals surface area contributed by atoms with Crippen LogP contribution in [0.2, 0.25) is 0 Å². The summed E-state index contributed by atoms with van der Waals surface area (Å²) in [5, 5.41) is 8.85. The van der Waals surface area contributed by atoms with Crippen LogP contribution in [0.3, 0.4) is 0 Å². The quantitative estimate of drug-likeness (QED) is 0.853. The number of benzene rings is 1. The lowest BCUT2D eigenvalue weighted by Gasteiger charge is -2.19. The molecule has 0 bridgehead atoms. The second kappa shape index (κ2) is 7.72. The fourth-order valence-corrected chi connectivity index (χ4v) is 2.83. The molecule has 0 aliphatic rings. The number of carboxylic acid groups (broad SMARTS) is 1. The van der Waals surface area contributed by atoms with Gasteiger partial charge in [-0.05, 0) is 18.4 Å². The molecule has 0 aliphatic carbocycles. The van der Waals surface area contributed by atoms with E-state index in [1.54, 1.807) is 0 Å². The monoisotopic (exact) mass is 314 g/mol. The number of rotatable bonds is 7. The van der Waals surface area contributed by atoms with Crippen LogP contribution in [-0.2, 0) is 24.2 Å². The topological polar surface area (TPSA) is 72.2 Å². The van der Waals surface area contributed by atoms with Crippen LogP contribution in [0.1, 0.15) is 38.2 Å². The molecule has 0 radical (unpaired) electrons. The van der Waals surface area contributed by atoms with Gasteiger partial charge in [0.2, 0.25) is 0 Å². The Bertz CT molecular complexity index is 736. The highest BCUT2D eigenvalue weighted by atomic mass is 16.4. The van der Waals surface area contributed by atoms with Gasteiger partial charge in [0, 0.05) is 25.1 Å². The van der Waals surface area contributed by atoms with Crippen molar-refractivity contribution in [1.82, 2.24) is 9.55 Å². The molecule has 0 atom stereocenters. The minimum atomic E-state index is -0.807. The summed E-state index contributed by atoms with van der Waals surface area (Å²) < 4.78 is 2.02. The van der Waals surface area contributed by atoms with Crippen LogP contribution >= 0.6 is 0 Å². The van der Waals surface area contributed by atoms with Crippen LogP contribution in [0.5, 0.6) is 0 Å². The number of aliphatic carboxylic acids is 1. The highest BCUT2D eigenvalue weighted by Gasteiger charge is 2.16. The highest BCUT2D eigenvalue weighted by Crippen LogP contribution is 2.21. The van der Waals surface area contributed by atoms with Crippen molar-refractivity contribution < 1.29 is 9.90 Å². The molecule has 1 N–H and O–H groups in total. The number of carboxylic acids is 1. The number of carbonyl (C=O) groups is 1. The van der Waals surface area contributed by atoms with Crippen LogP contribution in [0, 0.1) is 0 Å². The Morgan fingerprint density at radius 3 is 2.43 bits per heavy atom. The third-order valence-corrected chi connectivity index (χ3v) is 3.86. The lowest BCUT2D eigenvalue weighted by atomic mass is 10.0. The molecule has 0 saturated heterocycles. The minimum absolute atomic E-state index is 0.110. The standard InChI is InChI=1S/C18H22N2O3/c1-3-14-17(13-9-6-5-7-10-13)18(23)19-15(4-2)20(14)12-8-11-16(21)22/h5-7,9-10H,3-4,8,11-12H2,1-2H3,(H,21,22). The van der Waals surface area contributed by atoms with Crippen molar-refractivity contribution in [3.05, 3.63) is 52.2 Å². The van der Waals surface area contributed by atoms with Gasteiger partial charge in [0.25, 0.3) is 5.56 Å². The molecule has 23 heavy (non-hydrogen) atoms. The largest absolute Gasteiger partial charge is 0.481 e. The zero-order valence-corrected chi connectivity index (χ0v) is 13.6. The normalized spacial score (nSPS) is 10.7. The van der Waals surface area contributed by atoms with Crippen LogP contribution in [0.15, 0.2) is 35.1 Å². The Hall–Kier alpha value is -2.43. The minimum Gasteiger partial charge on any atom is -0.481 e. The number of nitrogens with zero attached hydrogens (tertiary/aromatic N) is 2. The lowest BCUT2D eigenvalue weighted by molar-refractivity contribution is -0.137. The van der Waals surface area contributed by atoms with Crippen molar-refractivity contribution in [3.8, 4) is 11.1 Å². The van der Waals surface area contributed by atoms with Crippen molar-refractivity contribution >= 4 is 5.97 Å². The third kappa shape index (κ3) is 3.86. The first-order valence-corrected chi connectivity index (χ1v) is 7.98. The number of hydrogen-bond donors (Lipinski definition) is 1. The van der Waals surface area contributed by atoms with Crippen LogP contribution in [0.25, 0.3) is 11.1 Å². The Labute approximate surface area is 135 Å². The molecule has 0 saturated carbocycles. The Morgan fingerprint density at radius 1 is 1.17 bits per heavy atom. The molecule has 0 amide bonds. The molecule has 0 spiro atoms. The summed E-state index contributed by atoms with van der Waals surface area (Å²) >= 11 is 0. The van der Waals surface area contributed by atoms with Gasteiger partial charge in [-0.1, -0.05) is 44.2 Å². The summed E-state index contributed by atoms with van der Waals surface area (Å²) in [5.74, 6) is -0.0877. The van der Waals surface area contributed by atoms with E-state index in [4.69, 9.17) is 5.11 Å². The maximum Gasteiger partial charge on any atom is 0.303 e. The number of aromatic nitrogens is 2. The summed E-state index contributed by atoms with van der Waals surface area (Å²) in [6, 6.07) is 9.53. The molecule has 1 aromatic heterocycles. The summed E-state index contributed by atoms with van der Waals surface area (Å²) in [7, 11) is 0.